The number of H-pyrrole nitrogens is 1. The average molecular weight is 728 g/mol. The number of aryl methyl sites for hydroxylation is 6. The van der Waals surface area contributed by atoms with Crippen LogP contribution in [0, 0.1) is 34.6 Å². The SMILES string of the molecule is Cc1cc(OCCCc2c3n(c4c(-c5c(C)nn(C)c5C)c(Cl)ccc24)C(C)CN(c2cc(N)c(C)c4c(C(=O)O)c[nH]c24)C3=O)cc(C)c1Cl. The fourth-order valence-corrected chi connectivity index (χ4v) is 8.16. The molecule has 1 amide bonds. The second-order valence-electron chi connectivity index (χ2n) is 13.6. The average Bonchev–Trinajstić information content (AvgIpc) is 3.74. The lowest BCUT2D eigenvalue weighted by atomic mass is 9.98. The highest BCUT2D eigenvalue weighted by Crippen LogP contribution is 2.46. The van der Waals surface area contributed by atoms with Gasteiger partial charge in [0.25, 0.3) is 5.91 Å². The first-order chi connectivity index (χ1) is 24.2. The van der Waals surface area contributed by atoms with Crippen molar-refractivity contribution in [2.75, 3.05) is 23.8 Å². The number of nitrogens with zero attached hydrogens (tertiary/aromatic N) is 4. The summed E-state index contributed by atoms with van der Waals surface area (Å²) in [4.78, 5) is 32.0. The minimum atomic E-state index is -1.07. The molecule has 1 aliphatic heterocycles. The number of nitrogen functional groups attached to an aromatic ring is 1. The number of amides is 1. The zero-order valence-corrected chi connectivity index (χ0v) is 31.2. The number of aromatic nitrogens is 4. The number of nitrogens with one attached hydrogen (secondary N) is 1. The van der Waals surface area contributed by atoms with Gasteiger partial charge in [-0.15, -0.1) is 0 Å². The van der Waals surface area contributed by atoms with Crippen molar-refractivity contribution in [2.45, 2.75) is 60.4 Å². The molecule has 1 aliphatic rings. The Morgan fingerprint density at radius 1 is 1.10 bits per heavy atom. The molecule has 0 aliphatic carbocycles. The minimum Gasteiger partial charge on any atom is -0.494 e. The van der Waals surface area contributed by atoms with Crippen molar-refractivity contribution in [3.05, 3.63) is 91.5 Å². The van der Waals surface area contributed by atoms with E-state index in [4.69, 9.17) is 38.8 Å². The molecule has 0 radical (unpaired) electrons. The third-order valence-corrected chi connectivity index (χ3v) is 11.2. The highest BCUT2D eigenvalue weighted by atomic mass is 35.5. The van der Waals surface area contributed by atoms with Gasteiger partial charge in [-0.3, -0.25) is 9.48 Å². The fraction of sp³-hybridized carbons (Fsp3) is 0.308. The summed E-state index contributed by atoms with van der Waals surface area (Å²) in [5.74, 6) is -0.529. The van der Waals surface area contributed by atoms with Crippen LogP contribution in [0.15, 0.2) is 36.5 Å². The molecule has 4 heterocycles. The van der Waals surface area contributed by atoms with E-state index in [1.54, 1.807) is 17.9 Å². The van der Waals surface area contributed by atoms with Crippen LogP contribution in [0.4, 0.5) is 11.4 Å². The third kappa shape index (κ3) is 5.43. The Kier molecular flexibility index (Phi) is 8.58. The monoisotopic (exact) mass is 726 g/mol. The highest BCUT2D eigenvalue weighted by Gasteiger charge is 2.38. The van der Waals surface area contributed by atoms with Crippen molar-refractivity contribution >= 4 is 68.3 Å². The molecule has 7 rings (SSSR count). The predicted molar refractivity (Wildman–Crippen MR) is 204 cm³/mol. The van der Waals surface area contributed by atoms with E-state index >= 15 is 4.79 Å². The number of ether oxygens (including phenoxy) is 1. The molecule has 51 heavy (non-hydrogen) atoms. The number of hydrogen-bond acceptors (Lipinski definition) is 5. The molecular formula is C39H40Cl2N6O4. The molecule has 0 bridgehead atoms. The van der Waals surface area contributed by atoms with Gasteiger partial charge in [0.15, 0.2) is 0 Å². The number of nitrogens with two attached hydrogens (primary N) is 1. The van der Waals surface area contributed by atoms with Gasteiger partial charge in [0.2, 0.25) is 0 Å². The highest BCUT2D eigenvalue weighted by molar-refractivity contribution is 6.35. The van der Waals surface area contributed by atoms with Gasteiger partial charge in [0.05, 0.1) is 39.6 Å². The molecule has 1 unspecified atom stereocenters. The van der Waals surface area contributed by atoms with E-state index in [2.05, 4.69) is 16.5 Å². The summed E-state index contributed by atoms with van der Waals surface area (Å²) >= 11 is 13.5. The van der Waals surface area contributed by atoms with Gasteiger partial charge in [-0.25, -0.2) is 4.79 Å². The van der Waals surface area contributed by atoms with Crippen LogP contribution in [0.5, 0.6) is 5.75 Å². The summed E-state index contributed by atoms with van der Waals surface area (Å²) in [5.41, 5.74) is 16.6. The quantitative estimate of drug-likeness (QED) is 0.106. The lowest BCUT2D eigenvalue weighted by molar-refractivity contribution is 0.0698. The summed E-state index contributed by atoms with van der Waals surface area (Å²) in [5, 5.41) is 17.4. The van der Waals surface area contributed by atoms with Crippen LogP contribution < -0.4 is 15.4 Å². The number of benzene rings is 3. The number of carboxylic acids is 1. The van der Waals surface area contributed by atoms with Crippen molar-refractivity contribution < 1.29 is 19.4 Å². The van der Waals surface area contributed by atoms with E-state index in [-0.39, 0.29) is 17.5 Å². The van der Waals surface area contributed by atoms with Crippen molar-refractivity contribution in [3.63, 3.8) is 0 Å². The van der Waals surface area contributed by atoms with Gasteiger partial charge in [-0.1, -0.05) is 29.3 Å². The Morgan fingerprint density at radius 2 is 1.80 bits per heavy atom. The van der Waals surface area contributed by atoms with Crippen molar-refractivity contribution in [2.24, 2.45) is 7.05 Å². The third-order valence-electron chi connectivity index (χ3n) is 10.3. The smallest absolute Gasteiger partial charge is 0.337 e. The first-order valence-corrected chi connectivity index (χ1v) is 17.7. The molecule has 3 aromatic heterocycles. The first-order valence-electron chi connectivity index (χ1n) is 16.9. The number of aromatic amines is 1. The summed E-state index contributed by atoms with van der Waals surface area (Å²) in [6.07, 6.45) is 2.65. The number of fused-ring (bicyclic) bond motifs is 4. The Bertz CT molecular complexity index is 2410. The fourth-order valence-electron chi connectivity index (χ4n) is 7.81. The number of carboxylic acid groups (broad SMARTS) is 1. The molecule has 6 aromatic rings. The van der Waals surface area contributed by atoms with Crippen LogP contribution in [0.25, 0.3) is 32.9 Å². The van der Waals surface area contributed by atoms with Crippen molar-refractivity contribution in [1.82, 2.24) is 19.3 Å². The summed E-state index contributed by atoms with van der Waals surface area (Å²) in [7, 11) is 1.91. The van der Waals surface area contributed by atoms with Gasteiger partial charge in [0, 0.05) is 64.1 Å². The Morgan fingerprint density at radius 3 is 2.45 bits per heavy atom. The predicted octanol–water partition coefficient (Wildman–Crippen LogP) is 8.89. The van der Waals surface area contributed by atoms with Gasteiger partial charge < -0.3 is 30.0 Å². The van der Waals surface area contributed by atoms with Crippen LogP contribution in [-0.2, 0) is 13.5 Å². The molecule has 0 saturated heterocycles. The van der Waals surface area contributed by atoms with E-state index in [1.807, 2.05) is 63.7 Å². The summed E-state index contributed by atoms with van der Waals surface area (Å²) in [6, 6.07) is 9.35. The standard InChI is InChI=1S/C39H40Cl2N6O4/c1-18-13-24(14-19(2)34(18)41)51-12-8-9-25-26-10-11-28(40)33(32-22(5)44-45(7)23(32)6)36(26)47-20(3)17-46(38(48)37(25)47)30-15-29(42)21(4)31-27(39(49)50)16-43-35(30)31/h10-11,13-16,20,43H,8-9,12,17,42H2,1-7H3,(H,49,50). The van der Waals surface area contributed by atoms with Gasteiger partial charge in [0.1, 0.15) is 11.4 Å². The molecule has 1 atom stereocenters. The molecule has 0 fully saturated rings. The Hall–Kier alpha value is -4.93. The van der Waals surface area contributed by atoms with Crippen LogP contribution in [0.2, 0.25) is 10.0 Å². The molecule has 0 saturated carbocycles. The maximum Gasteiger partial charge on any atom is 0.337 e. The van der Waals surface area contributed by atoms with Crippen LogP contribution in [0.1, 0.15) is 73.9 Å². The van der Waals surface area contributed by atoms with Crippen LogP contribution in [0.3, 0.4) is 0 Å². The Balaban J connectivity index is 1.39. The maximum absolute atomic E-state index is 15.0. The lowest BCUT2D eigenvalue weighted by Gasteiger charge is -2.35. The second kappa shape index (κ2) is 12.7. The normalized spacial score (nSPS) is 14.6. The molecule has 264 valence electrons. The molecule has 0 spiro atoms. The van der Waals surface area contributed by atoms with Gasteiger partial charge in [-0.2, -0.15) is 5.10 Å². The molecule has 12 heteroatoms. The van der Waals surface area contributed by atoms with E-state index in [0.717, 1.165) is 60.9 Å². The van der Waals surface area contributed by atoms with Gasteiger partial charge >= 0.3 is 5.97 Å². The van der Waals surface area contributed by atoms with E-state index < -0.39 is 5.97 Å². The second-order valence-corrected chi connectivity index (χ2v) is 14.4. The number of aromatic carboxylic acids is 1. The molecular weight excluding hydrogens is 687 g/mol. The van der Waals surface area contributed by atoms with Crippen molar-refractivity contribution in [3.8, 4) is 16.9 Å². The Labute approximate surface area is 305 Å². The number of rotatable bonds is 8. The molecule has 10 nitrogen and oxygen atoms in total. The van der Waals surface area contributed by atoms with E-state index in [9.17, 15) is 9.90 Å². The maximum atomic E-state index is 15.0. The van der Waals surface area contributed by atoms with Gasteiger partial charge in [-0.05, 0) is 101 Å². The lowest BCUT2D eigenvalue weighted by Crippen LogP contribution is -2.43. The van der Waals surface area contributed by atoms with Crippen LogP contribution >= 0.6 is 23.2 Å². The summed E-state index contributed by atoms with van der Waals surface area (Å²) < 4.78 is 10.2. The largest absolute Gasteiger partial charge is 0.494 e. The van der Waals surface area contributed by atoms with E-state index in [1.165, 1.54) is 6.20 Å². The number of carbonyl (C=O) groups is 2. The first kappa shape index (κ1) is 34.5. The molecule has 4 N–H and O–H groups in total. The number of hydrogen-bond donors (Lipinski definition) is 3. The molecule has 3 aromatic carbocycles. The van der Waals surface area contributed by atoms with Crippen molar-refractivity contribution in [1.29, 1.82) is 0 Å². The summed E-state index contributed by atoms with van der Waals surface area (Å²) in [6.45, 7) is 12.5. The van der Waals surface area contributed by atoms with Crippen LogP contribution in [-0.4, -0.2) is 49.5 Å². The topological polar surface area (TPSA) is 131 Å². The van der Waals surface area contributed by atoms with E-state index in [0.29, 0.717) is 64.6 Å². The zero-order chi connectivity index (χ0) is 36.6. The number of carbonyl (C=O) groups excluding carboxylic acids is 1. The number of halogens is 2. The number of anilines is 2. The zero-order valence-electron chi connectivity index (χ0n) is 29.7. The minimum absolute atomic E-state index is 0.107.